The summed E-state index contributed by atoms with van der Waals surface area (Å²) in [4.78, 5) is 33.2. The number of aromatic nitrogens is 3. The van der Waals surface area contributed by atoms with Crippen LogP contribution in [0.5, 0.6) is 0 Å². The van der Waals surface area contributed by atoms with Crippen molar-refractivity contribution >= 4 is 28.7 Å². The van der Waals surface area contributed by atoms with E-state index < -0.39 is 5.60 Å². The summed E-state index contributed by atoms with van der Waals surface area (Å²) < 4.78 is 12.9. The number of carbonyl (C=O) groups is 1. The fourth-order valence-electron chi connectivity index (χ4n) is 3.50. The van der Waals surface area contributed by atoms with Crippen LogP contribution in [0.2, 0.25) is 5.15 Å². The number of H-pyrrole nitrogens is 1. The first-order valence-corrected chi connectivity index (χ1v) is 10.0. The highest BCUT2D eigenvalue weighted by Gasteiger charge is 2.32. The summed E-state index contributed by atoms with van der Waals surface area (Å²) in [5.74, 6) is 0. The van der Waals surface area contributed by atoms with E-state index in [1.807, 2.05) is 45.0 Å². The lowest BCUT2D eigenvalue weighted by Crippen LogP contribution is -2.45. The number of morpholine rings is 1. The molecule has 1 aliphatic rings. The van der Waals surface area contributed by atoms with Gasteiger partial charge < -0.3 is 14.5 Å². The monoisotopic (exact) mass is 430 g/mol. The van der Waals surface area contributed by atoms with Gasteiger partial charge in [0, 0.05) is 12.2 Å². The van der Waals surface area contributed by atoms with Crippen molar-refractivity contribution in [3.05, 3.63) is 57.7 Å². The van der Waals surface area contributed by atoms with Crippen LogP contribution in [0.3, 0.4) is 0 Å². The van der Waals surface area contributed by atoms with Gasteiger partial charge in [-0.25, -0.2) is 9.78 Å². The Hall–Kier alpha value is -2.84. The van der Waals surface area contributed by atoms with Crippen LogP contribution in [-0.4, -0.2) is 50.9 Å². The van der Waals surface area contributed by atoms with Gasteiger partial charge >= 0.3 is 6.09 Å². The Labute approximate surface area is 178 Å². The zero-order valence-corrected chi connectivity index (χ0v) is 17.8. The van der Waals surface area contributed by atoms with Crippen LogP contribution in [0.15, 0.2) is 41.5 Å². The van der Waals surface area contributed by atoms with E-state index in [-0.39, 0.29) is 17.7 Å². The normalized spacial score (nSPS) is 17.3. The van der Waals surface area contributed by atoms with E-state index in [1.165, 1.54) is 6.33 Å². The number of halogens is 1. The number of benzene rings is 1. The number of amides is 1. The van der Waals surface area contributed by atoms with Crippen LogP contribution in [0, 0.1) is 0 Å². The second-order valence-corrected chi connectivity index (χ2v) is 8.51. The van der Waals surface area contributed by atoms with Crippen molar-refractivity contribution in [1.82, 2.24) is 19.4 Å². The topological polar surface area (TPSA) is 89.5 Å². The number of nitrogens with zero attached hydrogens (tertiary/aromatic N) is 3. The van der Waals surface area contributed by atoms with Gasteiger partial charge in [-0.2, -0.15) is 0 Å². The highest BCUT2D eigenvalue weighted by atomic mass is 35.5. The van der Waals surface area contributed by atoms with Gasteiger partial charge in [0.2, 0.25) is 0 Å². The van der Waals surface area contributed by atoms with E-state index >= 15 is 0 Å². The molecule has 1 unspecified atom stereocenters. The zero-order valence-electron chi connectivity index (χ0n) is 17.0. The quantitative estimate of drug-likeness (QED) is 0.669. The molecule has 1 aromatic carbocycles. The Morgan fingerprint density at radius 3 is 2.73 bits per heavy atom. The first-order chi connectivity index (χ1) is 14.2. The first kappa shape index (κ1) is 20.4. The summed E-state index contributed by atoms with van der Waals surface area (Å²) in [7, 11) is 0. The molecule has 3 aromatic rings. The lowest BCUT2D eigenvalue weighted by Gasteiger charge is -2.36. The lowest BCUT2D eigenvalue weighted by atomic mass is 10.0. The number of ether oxygens (including phenoxy) is 2. The smallest absolute Gasteiger partial charge is 0.410 e. The Morgan fingerprint density at radius 2 is 2.03 bits per heavy atom. The van der Waals surface area contributed by atoms with Crippen molar-refractivity contribution in [3.63, 3.8) is 0 Å². The third kappa shape index (κ3) is 3.93. The van der Waals surface area contributed by atoms with E-state index in [2.05, 4.69) is 9.97 Å². The van der Waals surface area contributed by atoms with Gasteiger partial charge in [0.15, 0.2) is 5.65 Å². The summed E-state index contributed by atoms with van der Waals surface area (Å²) in [5.41, 5.74) is 1.35. The van der Waals surface area contributed by atoms with Gasteiger partial charge in [-0.15, -0.1) is 0 Å². The van der Waals surface area contributed by atoms with Gasteiger partial charge in [-0.3, -0.25) is 14.3 Å². The standard InChI is InChI=1S/C21H23ClN4O4/c1-21(2,3)30-20(28)25-8-9-29-11-16(25)13-4-6-14(7-5-13)26-17(22)10-15-18(26)23-12-24-19(15)27/h4-7,10,12,16H,8-9,11H2,1-3H3,(H,23,24,27). The minimum absolute atomic E-state index is 0.246. The Bertz CT molecular complexity index is 1130. The molecular weight excluding hydrogens is 408 g/mol. The Morgan fingerprint density at radius 1 is 1.30 bits per heavy atom. The van der Waals surface area contributed by atoms with Crippen molar-refractivity contribution in [2.24, 2.45) is 0 Å². The van der Waals surface area contributed by atoms with Crippen LogP contribution in [0.1, 0.15) is 32.4 Å². The summed E-state index contributed by atoms with van der Waals surface area (Å²) in [6.07, 6.45) is 0.993. The maximum Gasteiger partial charge on any atom is 0.410 e. The molecule has 0 aliphatic carbocycles. The molecule has 9 heteroatoms. The fourth-order valence-corrected chi connectivity index (χ4v) is 3.79. The number of fused-ring (bicyclic) bond motifs is 1. The second-order valence-electron chi connectivity index (χ2n) is 8.13. The summed E-state index contributed by atoms with van der Waals surface area (Å²) in [6, 6.07) is 8.94. The number of carbonyl (C=O) groups excluding carboxylic acids is 1. The summed E-state index contributed by atoms with van der Waals surface area (Å²) in [6.45, 7) is 6.86. The van der Waals surface area contributed by atoms with Crippen LogP contribution in [0.25, 0.3) is 16.7 Å². The Kier molecular flexibility index (Phi) is 5.29. The summed E-state index contributed by atoms with van der Waals surface area (Å²) in [5, 5.41) is 0.807. The molecule has 0 bridgehead atoms. The highest BCUT2D eigenvalue weighted by Crippen LogP contribution is 2.29. The first-order valence-electron chi connectivity index (χ1n) is 9.67. The largest absolute Gasteiger partial charge is 0.444 e. The number of hydrogen-bond acceptors (Lipinski definition) is 5. The number of nitrogens with one attached hydrogen (secondary N) is 1. The third-order valence-electron chi connectivity index (χ3n) is 4.85. The van der Waals surface area contributed by atoms with Crippen molar-refractivity contribution < 1.29 is 14.3 Å². The average Bonchev–Trinajstić information content (AvgIpc) is 3.04. The van der Waals surface area contributed by atoms with Gasteiger partial charge in [-0.1, -0.05) is 23.7 Å². The van der Waals surface area contributed by atoms with E-state index in [0.29, 0.717) is 35.9 Å². The molecule has 8 nitrogen and oxygen atoms in total. The minimum Gasteiger partial charge on any atom is -0.444 e. The highest BCUT2D eigenvalue weighted by molar-refractivity contribution is 6.31. The third-order valence-corrected chi connectivity index (χ3v) is 5.13. The molecule has 30 heavy (non-hydrogen) atoms. The van der Waals surface area contributed by atoms with E-state index in [0.717, 1.165) is 11.3 Å². The Balaban J connectivity index is 1.65. The van der Waals surface area contributed by atoms with E-state index in [9.17, 15) is 9.59 Å². The maximum absolute atomic E-state index is 12.7. The van der Waals surface area contributed by atoms with Gasteiger partial charge in [0.05, 0.1) is 31.0 Å². The van der Waals surface area contributed by atoms with Crippen LogP contribution in [0.4, 0.5) is 4.79 Å². The lowest BCUT2D eigenvalue weighted by molar-refractivity contribution is -0.0331. The van der Waals surface area contributed by atoms with Crippen LogP contribution < -0.4 is 5.56 Å². The molecule has 1 saturated heterocycles. The predicted molar refractivity (Wildman–Crippen MR) is 113 cm³/mol. The zero-order chi connectivity index (χ0) is 21.5. The number of hydrogen-bond donors (Lipinski definition) is 1. The SMILES string of the molecule is CC(C)(C)OC(=O)N1CCOCC1c1ccc(-n2c(Cl)cc3c(=O)[nH]cnc32)cc1. The van der Waals surface area contributed by atoms with Gasteiger partial charge in [0.1, 0.15) is 10.8 Å². The molecule has 158 valence electrons. The molecule has 1 N–H and O–H groups in total. The maximum atomic E-state index is 12.7. The van der Waals surface area contributed by atoms with Crippen molar-refractivity contribution in [3.8, 4) is 5.69 Å². The molecule has 1 atom stereocenters. The number of aromatic amines is 1. The molecule has 1 aliphatic heterocycles. The predicted octanol–water partition coefficient (Wildman–Crippen LogP) is 3.68. The molecule has 4 rings (SSSR count). The van der Waals surface area contributed by atoms with Crippen molar-refractivity contribution in [2.45, 2.75) is 32.4 Å². The molecule has 1 fully saturated rings. The minimum atomic E-state index is -0.569. The molecular formula is C21H23ClN4O4. The molecule has 1 amide bonds. The second kappa shape index (κ2) is 7.77. The fraction of sp³-hybridized carbons (Fsp3) is 0.381. The molecule has 0 radical (unpaired) electrons. The van der Waals surface area contributed by atoms with Gasteiger partial charge in [-0.05, 0) is 44.5 Å². The number of rotatable bonds is 2. The average molecular weight is 431 g/mol. The van der Waals surface area contributed by atoms with Crippen LogP contribution >= 0.6 is 11.6 Å². The van der Waals surface area contributed by atoms with Crippen LogP contribution in [-0.2, 0) is 9.47 Å². The van der Waals surface area contributed by atoms with Crippen molar-refractivity contribution in [2.75, 3.05) is 19.8 Å². The molecule has 3 heterocycles. The van der Waals surface area contributed by atoms with Gasteiger partial charge in [0.25, 0.3) is 5.56 Å². The molecule has 2 aromatic heterocycles. The summed E-state index contributed by atoms with van der Waals surface area (Å²) >= 11 is 6.37. The molecule has 0 saturated carbocycles. The van der Waals surface area contributed by atoms with E-state index in [4.69, 9.17) is 21.1 Å². The van der Waals surface area contributed by atoms with Crippen molar-refractivity contribution in [1.29, 1.82) is 0 Å². The van der Waals surface area contributed by atoms with E-state index in [1.54, 1.807) is 15.5 Å². The molecule has 0 spiro atoms.